The van der Waals surface area contributed by atoms with Gasteiger partial charge in [-0.2, -0.15) is 0 Å². The Balaban J connectivity index is 2.04. The summed E-state index contributed by atoms with van der Waals surface area (Å²) in [4.78, 5) is 26.9. The molecule has 18 heavy (non-hydrogen) atoms. The summed E-state index contributed by atoms with van der Waals surface area (Å²) in [5.74, 6) is -1.02. The molecule has 98 valence electrons. The van der Waals surface area contributed by atoms with Gasteiger partial charge in [0.05, 0.1) is 10.8 Å². The number of rotatable bonds is 2. The van der Waals surface area contributed by atoms with Crippen LogP contribution in [0.25, 0.3) is 0 Å². The Kier molecular flexibility index (Phi) is 3.71. The first-order valence-corrected chi connectivity index (χ1v) is 6.89. The molecular formula is C13H17NO3S. The maximum absolute atomic E-state index is 12.2. The fourth-order valence-corrected chi connectivity index (χ4v) is 3.24. The number of hydrogen-bond donors (Lipinski definition) is 1. The number of carbonyl (C=O) groups is 2. The molecule has 0 aromatic carbocycles. The first-order chi connectivity index (χ1) is 8.49. The van der Waals surface area contributed by atoms with Gasteiger partial charge in [0.2, 0.25) is 0 Å². The maximum atomic E-state index is 12.2. The molecule has 0 aliphatic carbocycles. The molecule has 1 aromatic rings. The molecule has 2 heterocycles. The second-order valence-electron chi connectivity index (χ2n) is 4.87. The maximum Gasteiger partial charge on any atom is 0.306 e. The van der Waals surface area contributed by atoms with Crippen LogP contribution in [-0.4, -0.2) is 35.0 Å². The summed E-state index contributed by atoms with van der Waals surface area (Å²) in [7, 11) is 0. The van der Waals surface area contributed by atoms with Gasteiger partial charge < -0.3 is 10.0 Å². The lowest BCUT2D eigenvalue weighted by atomic mass is 9.87. The van der Waals surface area contributed by atoms with E-state index in [1.54, 1.807) is 4.90 Å². The predicted molar refractivity (Wildman–Crippen MR) is 69.9 cm³/mol. The quantitative estimate of drug-likeness (QED) is 0.894. The number of amides is 1. The molecule has 1 aliphatic rings. The van der Waals surface area contributed by atoms with Crippen molar-refractivity contribution < 1.29 is 14.7 Å². The number of carboxylic acid groups (broad SMARTS) is 1. The minimum Gasteiger partial charge on any atom is -0.481 e. The minimum atomic E-state index is -0.749. The zero-order valence-corrected chi connectivity index (χ0v) is 11.4. The number of nitrogens with zero attached hydrogens (tertiary/aromatic N) is 1. The van der Waals surface area contributed by atoms with Crippen molar-refractivity contribution in [2.75, 3.05) is 13.1 Å². The highest BCUT2D eigenvalue weighted by molar-refractivity contribution is 7.13. The third-order valence-corrected chi connectivity index (χ3v) is 4.45. The van der Waals surface area contributed by atoms with E-state index in [-0.39, 0.29) is 17.7 Å². The topological polar surface area (TPSA) is 57.6 Å². The largest absolute Gasteiger partial charge is 0.481 e. The molecule has 4 nitrogen and oxygen atoms in total. The summed E-state index contributed by atoms with van der Waals surface area (Å²) < 4.78 is 0. The monoisotopic (exact) mass is 267 g/mol. The zero-order valence-electron chi connectivity index (χ0n) is 10.5. The first-order valence-electron chi connectivity index (χ1n) is 6.07. The van der Waals surface area contributed by atoms with Crippen molar-refractivity contribution >= 4 is 23.2 Å². The summed E-state index contributed by atoms with van der Waals surface area (Å²) in [6.45, 7) is 4.95. The highest BCUT2D eigenvalue weighted by Gasteiger charge is 2.33. The molecule has 0 bridgehead atoms. The second-order valence-corrected chi connectivity index (χ2v) is 6.16. The lowest BCUT2D eigenvalue weighted by molar-refractivity contribution is -0.145. The smallest absolute Gasteiger partial charge is 0.306 e. The Morgan fingerprint density at radius 1 is 1.44 bits per heavy atom. The van der Waals surface area contributed by atoms with Gasteiger partial charge in [-0.05, 0) is 31.4 Å². The van der Waals surface area contributed by atoms with E-state index in [1.807, 2.05) is 26.0 Å². The van der Waals surface area contributed by atoms with Crippen molar-refractivity contribution in [3.05, 3.63) is 21.9 Å². The molecule has 1 aliphatic heterocycles. The van der Waals surface area contributed by atoms with Crippen molar-refractivity contribution in [3.8, 4) is 0 Å². The number of aliphatic carboxylic acids is 1. The van der Waals surface area contributed by atoms with Crippen molar-refractivity contribution in [2.24, 2.45) is 11.8 Å². The standard InChI is InChI=1S/C13H17NO3S/c1-8-7-14(6-5-10(8)13(16)17)12(15)11-4-3-9(2)18-11/h3-4,8,10H,5-7H2,1-2H3,(H,16,17)/t8-,10+/m1/s1. The summed E-state index contributed by atoms with van der Waals surface area (Å²) in [5.41, 5.74) is 0. The number of hydrogen-bond acceptors (Lipinski definition) is 3. The fraction of sp³-hybridized carbons (Fsp3) is 0.538. The molecule has 5 heteroatoms. The Morgan fingerprint density at radius 2 is 2.17 bits per heavy atom. The number of aryl methyl sites for hydroxylation is 1. The number of carboxylic acids is 1. The van der Waals surface area contributed by atoms with Gasteiger partial charge in [-0.1, -0.05) is 6.92 Å². The van der Waals surface area contributed by atoms with E-state index in [2.05, 4.69) is 0 Å². The number of piperidine rings is 1. The third-order valence-electron chi connectivity index (χ3n) is 3.46. The Labute approximate surface area is 110 Å². The molecular weight excluding hydrogens is 250 g/mol. The summed E-state index contributed by atoms with van der Waals surface area (Å²) >= 11 is 1.49. The van der Waals surface area contributed by atoms with Gasteiger partial charge in [0.25, 0.3) is 5.91 Å². The van der Waals surface area contributed by atoms with Crippen molar-refractivity contribution in [1.82, 2.24) is 4.90 Å². The second kappa shape index (κ2) is 5.10. The van der Waals surface area contributed by atoms with Crippen LogP contribution < -0.4 is 0 Å². The van der Waals surface area contributed by atoms with Crippen LogP contribution in [-0.2, 0) is 4.79 Å². The normalized spacial score (nSPS) is 24.0. The van der Waals surface area contributed by atoms with Crippen LogP contribution in [0.4, 0.5) is 0 Å². The molecule has 2 atom stereocenters. The average molecular weight is 267 g/mol. The van der Waals surface area contributed by atoms with Gasteiger partial charge in [-0.3, -0.25) is 9.59 Å². The van der Waals surface area contributed by atoms with Gasteiger partial charge in [-0.15, -0.1) is 11.3 Å². The van der Waals surface area contributed by atoms with E-state index in [4.69, 9.17) is 5.11 Å². The summed E-state index contributed by atoms with van der Waals surface area (Å²) in [6.07, 6.45) is 0.548. The Hall–Kier alpha value is -1.36. The van der Waals surface area contributed by atoms with Gasteiger partial charge in [0, 0.05) is 18.0 Å². The van der Waals surface area contributed by atoms with Gasteiger partial charge >= 0.3 is 5.97 Å². The van der Waals surface area contributed by atoms with E-state index in [0.29, 0.717) is 19.5 Å². The number of thiophene rings is 1. The van der Waals surface area contributed by atoms with Crippen LogP contribution in [0, 0.1) is 18.8 Å². The van der Waals surface area contributed by atoms with Gasteiger partial charge in [0.15, 0.2) is 0 Å². The van der Waals surface area contributed by atoms with Crippen LogP contribution >= 0.6 is 11.3 Å². The van der Waals surface area contributed by atoms with E-state index in [1.165, 1.54) is 11.3 Å². The lowest BCUT2D eigenvalue weighted by Gasteiger charge is -2.34. The lowest BCUT2D eigenvalue weighted by Crippen LogP contribution is -2.44. The molecule has 1 N–H and O–H groups in total. The zero-order chi connectivity index (χ0) is 13.3. The van der Waals surface area contributed by atoms with Crippen LogP contribution in [0.2, 0.25) is 0 Å². The summed E-state index contributed by atoms with van der Waals surface area (Å²) in [5, 5.41) is 9.05. The van der Waals surface area contributed by atoms with Crippen LogP contribution in [0.15, 0.2) is 12.1 Å². The fourth-order valence-electron chi connectivity index (χ4n) is 2.40. The molecule has 1 amide bonds. The van der Waals surface area contributed by atoms with Crippen LogP contribution in [0.1, 0.15) is 27.9 Å². The van der Waals surface area contributed by atoms with Gasteiger partial charge in [-0.25, -0.2) is 0 Å². The van der Waals surface area contributed by atoms with E-state index >= 15 is 0 Å². The van der Waals surface area contributed by atoms with E-state index in [9.17, 15) is 9.59 Å². The SMILES string of the molecule is Cc1ccc(C(=O)N2CC[C@H](C(=O)O)[C@H](C)C2)s1. The van der Waals surface area contributed by atoms with Gasteiger partial charge in [0.1, 0.15) is 0 Å². The Bertz CT molecular complexity index is 469. The predicted octanol–water partition coefficient (Wildman–Crippen LogP) is 2.24. The molecule has 2 rings (SSSR count). The van der Waals surface area contributed by atoms with Crippen LogP contribution in [0.3, 0.4) is 0 Å². The first kappa shape index (κ1) is 13.1. The van der Waals surface area contributed by atoms with E-state index in [0.717, 1.165) is 9.75 Å². The molecule has 1 fully saturated rings. The molecule has 0 saturated carbocycles. The summed E-state index contributed by atoms with van der Waals surface area (Å²) in [6, 6.07) is 3.78. The molecule has 0 spiro atoms. The van der Waals surface area contributed by atoms with Crippen molar-refractivity contribution in [3.63, 3.8) is 0 Å². The molecule has 1 saturated heterocycles. The third kappa shape index (κ3) is 2.56. The number of carbonyl (C=O) groups excluding carboxylic acids is 1. The molecule has 1 aromatic heterocycles. The highest BCUT2D eigenvalue weighted by atomic mass is 32.1. The van der Waals surface area contributed by atoms with Crippen LogP contribution in [0.5, 0.6) is 0 Å². The molecule has 0 radical (unpaired) electrons. The molecule has 0 unspecified atom stereocenters. The van der Waals surface area contributed by atoms with Crippen molar-refractivity contribution in [1.29, 1.82) is 0 Å². The average Bonchev–Trinajstić information content (AvgIpc) is 2.74. The minimum absolute atomic E-state index is 0.0151. The van der Waals surface area contributed by atoms with E-state index < -0.39 is 5.97 Å². The van der Waals surface area contributed by atoms with Crippen molar-refractivity contribution in [2.45, 2.75) is 20.3 Å². The highest BCUT2D eigenvalue weighted by Crippen LogP contribution is 2.26. The number of likely N-dealkylation sites (tertiary alicyclic amines) is 1. The Morgan fingerprint density at radius 3 is 2.67 bits per heavy atom.